The summed E-state index contributed by atoms with van der Waals surface area (Å²) in [6, 6.07) is 0. The molecule has 0 aliphatic heterocycles. The van der Waals surface area contributed by atoms with Crippen molar-refractivity contribution in [2.45, 2.75) is 27.7 Å². The lowest BCUT2D eigenvalue weighted by Gasteiger charge is -1.90. The van der Waals surface area contributed by atoms with Crippen LogP contribution in [0.1, 0.15) is 25.4 Å². The van der Waals surface area contributed by atoms with E-state index in [2.05, 4.69) is 15.1 Å². The molecule has 2 heterocycles. The van der Waals surface area contributed by atoms with Gasteiger partial charge in [0.15, 0.2) is 5.65 Å². The fourth-order valence-electron chi connectivity index (χ4n) is 0.999. The van der Waals surface area contributed by atoms with Crippen LogP contribution in [0.2, 0.25) is 0 Å². The van der Waals surface area contributed by atoms with E-state index in [1.165, 1.54) is 0 Å². The van der Waals surface area contributed by atoms with Crippen LogP contribution in [0, 0.1) is 13.8 Å². The maximum absolute atomic E-state index is 4.14. The number of hydrogen-bond donors (Lipinski definition) is 0. The largest absolute Gasteiger partial charge is 0.256 e. The highest BCUT2D eigenvalue weighted by Crippen LogP contribution is 1.98. The second-order valence-corrected chi connectivity index (χ2v) is 2.49. The van der Waals surface area contributed by atoms with Crippen molar-refractivity contribution < 1.29 is 0 Å². The van der Waals surface area contributed by atoms with E-state index < -0.39 is 0 Å². The number of hydrogen-bond acceptors (Lipinski definition) is 3. The number of aromatic nitrogens is 4. The number of fused-ring (bicyclic) bond motifs is 1. The Bertz CT molecular complexity index is 391. The molecule has 0 amide bonds. The average Bonchev–Trinajstić information content (AvgIpc) is 2.48. The molecule has 4 heteroatoms. The van der Waals surface area contributed by atoms with Gasteiger partial charge >= 0.3 is 0 Å². The highest BCUT2D eigenvalue weighted by Gasteiger charge is 1.97. The molecule has 13 heavy (non-hydrogen) atoms. The van der Waals surface area contributed by atoms with Crippen LogP contribution in [-0.4, -0.2) is 19.6 Å². The van der Waals surface area contributed by atoms with Crippen molar-refractivity contribution in [2.24, 2.45) is 0 Å². The van der Waals surface area contributed by atoms with Crippen molar-refractivity contribution in [3.05, 3.63) is 23.9 Å². The van der Waals surface area contributed by atoms with Crippen LogP contribution in [-0.2, 0) is 0 Å². The van der Waals surface area contributed by atoms with Gasteiger partial charge in [-0.1, -0.05) is 13.8 Å². The lowest BCUT2D eigenvalue weighted by Crippen LogP contribution is -1.90. The van der Waals surface area contributed by atoms with Gasteiger partial charge in [-0.25, -0.2) is 9.50 Å². The molecule has 0 N–H and O–H groups in total. The van der Waals surface area contributed by atoms with Gasteiger partial charge in [0.25, 0.3) is 0 Å². The van der Waals surface area contributed by atoms with Crippen molar-refractivity contribution in [3.8, 4) is 0 Å². The van der Waals surface area contributed by atoms with Crippen LogP contribution in [0.15, 0.2) is 12.4 Å². The molecule has 0 bridgehead atoms. The highest BCUT2D eigenvalue weighted by molar-refractivity contribution is 5.33. The molecule has 70 valence electrons. The monoisotopic (exact) mass is 178 g/mol. The summed E-state index contributed by atoms with van der Waals surface area (Å²) >= 11 is 0. The summed E-state index contributed by atoms with van der Waals surface area (Å²) in [4.78, 5) is 8.24. The quantitative estimate of drug-likeness (QED) is 0.617. The van der Waals surface area contributed by atoms with Gasteiger partial charge in [-0.05, 0) is 13.8 Å². The van der Waals surface area contributed by atoms with Gasteiger partial charge in [0.2, 0.25) is 0 Å². The second-order valence-electron chi connectivity index (χ2n) is 2.49. The molecule has 0 atom stereocenters. The van der Waals surface area contributed by atoms with Gasteiger partial charge in [-0.3, -0.25) is 4.98 Å². The van der Waals surface area contributed by atoms with Crippen molar-refractivity contribution in [2.75, 3.05) is 0 Å². The SMILES string of the molecule is CC.Cc1cn2nc(C)nc2cn1. The Hall–Kier alpha value is -1.45. The van der Waals surface area contributed by atoms with Gasteiger partial charge in [-0.15, -0.1) is 0 Å². The minimum Gasteiger partial charge on any atom is -0.256 e. The van der Waals surface area contributed by atoms with E-state index in [0.29, 0.717) is 0 Å². The third-order valence-corrected chi connectivity index (χ3v) is 1.46. The number of nitrogens with zero attached hydrogens (tertiary/aromatic N) is 4. The first-order valence-corrected chi connectivity index (χ1v) is 4.41. The van der Waals surface area contributed by atoms with Gasteiger partial charge < -0.3 is 0 Å². The molecular formula is C9H14N4. The Morgan fingerprint density at radius 2 is 1.92 bits per heavy atom. The van der Waals surface area contributed by atoms with E-state index in [4.69, 9.17) is 0 Å². The molecule has 0 spiro atoms. The summed E-state index contributed by atoms with van der Waals surface area (Å²) in [7, 11) is 0. The normalized spacial score (nSPS) is 9.54. The van der Waals surface area contributed by atoms with Crippen molar-refractivity contribution >= 4 is 5.65 Å². The third-order valence-electron chi connectivity index (χ3n) is 1.46. The Kier molecular flexibility index (Phi) is 2.95. The lowest BCUT2D eigenvalue weighted by atomic mass is 10.5. The van der Waals surface area contributed by atoms with Gasteiger partial charge in [0.1, 0.15) is 5.82 Å². The van der Waals surface area contributed by atoms with Crippen LogP contribution in [0.5, 0.6) is 0 Å². The minimum atomic E-state index is 0.775. The van der Waals surface area contributed by atoms with Gasteiger partial charge in [-0.2, -0.15) is 5.10 Å². The fourth-order valence-corrected chi connectivity index (χ4v) is 0.999. The zero-order valence-electron chi connectivity index (χ0n) is 8.44. The van der Waals surface area contributed by atoms with E-state index in [9.17, 15) is 0 Å². The van der Waals surface area contributed by atoms with Gasteiger partial charge in [0.05, 0.1) is 18.1 Å². The summed E-state index contributed by atoms with van der Waals surface area (Å²) < 4.78 is 1.73. The zero-order chi connectivity index (χ0) is 9.84. The Balaban J connectivity index is 0.000000396. The van der Waals surface area contributed by atoms with E-state index >= 15 is 0 Å². The third kappa shape index (κ3) is 2.02. The first-order valence-electron chi connectivity index (χ1n) is 4.41. The smallest absolute Gasteiger partial charge is 0.173 e. The average molecular weight is 178 g/mol. The summed E-state index contributed by atoms with van der Waals surface area (Å²) in [6.07, 6.45) is 3.57. The molecule has 2 aromatic heterocycles. The molecule has 0 aliphatic rings. The second kappa shape index (κ2) is 3.98. The zero-order valence-corrected chi connectivity index (χ0v) is 8.44. The van der Waals surface area contributed by atoms with Crippen LogP contribution < -0.4 is 0 Å². The predicted molar refractivity (Wildman–Crippen MR) is 51.6 cm³/mol. The van der Waals surface area contributed by atoms with Crippen LogP contribution in [0.25, 0.3) is 5.65 Å². The minimum absolute atomic E-state index is 0.775. The molecule has 0 unspecified atom stereocenters. The Morgan fingerprint density at radius 3 is 2.62 bits per heavy atom. The maximum Gasteiger partial charge on any atom is 0.173 e. The number of rotatable bonds is 0. The van der Waals surface area contributed by atoms with Gasteiger partial charge in [0, 0.05) is 0 Å². The molecule has 0 aromatic carbocycles. The molecular weight excluding hydrogens is 164 g/mol. The first-order chi connectivity index (χ1) is 6.25. The van der Waals surface area contributed by atoms with E-state index in [-0.39, 0.29) is 0 Å². The Labute approximate surface area is 77.6 Å². The first kappa shape index (κ1) is 9.64. The van der Waals surface area contributed by atoms with Crippen molar-refractivity contribution in [1.29, 1.82) is 0 Å². The summed E-state index contributed by atoms with van der Waals surface area (Å²) in [6.45, 7) is 7.79. The molecule has 0 saturated carbocycles. The molecule has 4 nitrogen and oxygen atoms in total. The summed E-state index contributed by atoms with van der Waals surface area (Å²) in [5, 5.41) is 4.14. The van der Waals surface area contributed by atoms with Crippen molar-refractivity contribution in [1.82, 2.24) is 19.6 Å². The topological polar surface area (TPSA) is 43.1 Å². The summed E-state index contributed by atoms with van der Waals surface area (Å²) in [5.41, 5.74) is 1.75. The van der Waals surface area contributed by atoms with E-state index in [0.717, 1.165) is 17.2 Å². The van der Waals surface area contributed by atoms with Crippen LogP contribution >= 0.6 is 0 Å². The fraction of sp³-hybridized carbons (Fsp3) is 0.444. The molecule has 2 rings (SSSR count). The number of aryl methyl sites for hydroxylation is 2. The standard InChI is InChI=1S/C7H8N4.C2H6/c1-5-4-11-7(3-8-5)9-6(2)10-11;1-2/h3-4H,1-2H3;1-2H3. The van der Waals surface area contributed by atoms with Crippen LogP contribution in [0.4, 0.5) is 0 Å². The molecule has 0 saturated heterocycles. The van der Waals surface area contributed by atoms with E-state index in [1.807, 2.05) is 33.9 Å². The predicted octanol–water partition coefficient (Wildman–Crippen LogP) is 1.77. The molecule has 0 radical (unpaired) electrons. The van der Waals surface area contributed by atoms with E-state index in [1.54, 1.807) is 10.7 Å². The molecule has 2 aromatic rings. The van der Waals surface area contributed by atoms with Crippen molar-refractivity contribution in [3.63, 3.8) is 0 Å². The molecule has 0 aliphatic carbocycles. The van der Waals surface area contributed by atoms with Crippen LogP contribution in [0.3, 0.4) is 0 Å². The highest BCUT2D eigenvalue weighted by atomic mass is 15.3. The molecule has 0 fully saturated rings. The summed E-state index contributed by atoms with van der Waals surface area (Å²) in [5.74, 6) is 0.775. The Morgan fingerprint density at radius 1 is 1.23 bits per heavy atom. The lowest BCUT2D eigenvalue weighted by molar-refractivity contribution is 0.907. The maximum atomic E-state index is 4.14.